The Balaban J connectivity index is 3.31. The third kappa shape index (κ3) is 30.5. The average Bonchev–Trinajstić information content (AvgIpc) is 2.90. The molecule has 0 nitrogen and oxygen atoms in total. The Kier molecular flexibility index (Phi) is 31.5. The summed E-state index contributed by atoms with van der Waals surface area (Å²) in [7, 11) is 0. The molecule has 3 unspecified atom stereocenters. The van der Waals surface area contributed by atoms with Crippen LogP contribution < -0.4 is 0 Å². The SMILES string of the molecule is CCCCCCCCCCCCCCCCCCC(C)CC(C)CCCCCCCCCC(C)CCCC. The van der Waals surface area contributed by atoms with Gasteiger partial charge in [-0.15, -0.1) is 0 Å². The lowest BCUT2D eigenvalue weighted by molar-refractivity contribution is 0.356. The van der Waals surface area contributed by atoms with Crippen molar-refractivity contribution in [3.63, 3.8) is 0 Å². The maximum Gasteiger partial charge on any atom is -0.0440 e. The van der Waals surface area contributed by atoms with Gasteiger partial charge in [0, 0.05) is 0 Å². The highest BCUT2D eigenvalue weighted by atomic mass is 14.1. The molecule has 0 rings (SSSR count). The first-order valence-corrected chi connectivity index (χ1v) is 18.6. The van der Waals surface area contributed by atoms with Crippen LogP contribution in [0.5, 0.6) is 0 Å². The van der Waals surface area contributed by atoms with E-state index in [1.807, 2.05) is 0 Å². The van der Waals surface area contributed by atoms with Crippen molar-refractivity contribution in [1.82, 2.24) is 0 Å². The smallest absolute Gasteiger partial charge is 0.0440 e. The lowest BCUT2D eigenvalue weighted by Gasteiger charge is -2.17. The van der Waals surface area contributed by atoms with Gasteiger partial charge in [0.25, 0.3) is 0 Å². The number of unbranched alkanes of at least 4 members (excludes halogenated alkanes) is 22. The molecule has 3 atom stereocenters. The predicted octanol–water partition coefficient (Wildman–Crippen LogP) is 14.6. The van der Waals surface area contributed by atoms with Crippen molar-refractivity contribution in [2.24, 2.45) is 17.8 Å². The lowest BCUT2D eigenvalue weighted by atomic mass is 9.89. The molecule has 0 amide bonds. The first kappa shape index (κ1) is 38.0. The van der Waals surface area contributed by atoms with E-state index in [0.717, 1.165) is 17.8 Å². The van der Waals surface area contributed by atoms with Crippen molar-refractivity contribution in [1.29, 1.82) is 0 Å². The summed E-state index contributed by atoms with van der Waals surface area (Å²) in [6.45, 7) is 12.1. The molecule has 0 saturated heterocycles. The summed E-state index contributed by atoms with van der Waals surface area (Å²) >= 11 is 0. The van der Waals surface area contributed by atoms with Crippen molar-refractivity contribution in [2.75, 3.05) is 0 Å². The van der Waals surface area contributed by atoms with Gasteiger partial charge in [0.2, 0.25) is 0 Å². The summed E-state index contributed by atoms with van der Waals surface area (Å²) in [4.78, 5) is 0. The van der Waals surface area contributed by atoms with Gasteiger partial charge in [0.05, 0.1) is 0 Å². The highest BCUT2D eigenvalue weighted by Gasteiger charge is 2.09. The second-order valence-corrected chi connectivity index (χ2v) is 13.8. The molecule has 0 heteroatoms. The van der Waals surface area contributed by atoms with E-state index < -0.39 is 0 Å². The fraction of sp³-hybridized carbons (Fsp3) is 1.00. The van der Waals surface area contributed by atoms with Gasteiger partial charge in [-0.1, -0.05) is 221 Å². The van der Waals surface area contributed by atoms with Crippen molar-refractivity contribution in [3.05, 3.63) is 0 Å². The van der Waals surface area contributed by atoms with Crippen LogP contribution >= 0.6 is 0 Å². The van der Waals surface area contributed by atoms with Crippen LogP contribution in [0.3, 0.4) is 0 Å². The molecule has 0 bridgehead atoms. The van der Waals surface area contributed by atoms with E-state index in [0.29, 0.717) is 0 Å². The molecule has 0 saturated carbocycles. The molecule has 0 heterocycles. The van der Waals surface area contributed by atoms with Crippen LogP contribution in [0.1, 0.15) is 227 Å². The zero-order valence-corrected chi connectivity index (χ0v) is 27.9. The minimum absolute atomic E-state index is 0.940. The molecule has 38 heavy (non-hydrogen) atoms. The minimum atomic E-state index is 0.940. The fourth-order valence-electron chi connectivity index (χ4n) is 6.53. The van der Waals surface area contributed by atoms with E-state index in [1.165, 1.54) is 193 Å². The Morgan fingerprint density at radius 2 is 0.500 bits per heavy atom. The van der Waals surface area contributed by atoms with Gasteiger partial charge in [-0.3, -0.25) is 0 Å². The third-order valence-corrected chi connectivity index (χ3v) is 9.30. The molecule has 0 fully saturated rings. The van der Waals surface area contributed by atoms with E-state index >= 15 is 0 Å². The van der Waals surface area contributed by atoms with E-state index in [1.54, 1.807) is 0 Å². The van der Waals surface area contributed by atoms with Gasteiger partial charge in [0.15, 0.2) is 0 Å². The summed E-state index contributed by atoms with van der Waals surface area (Å²) in [6, 6.07) is 0. The standard InChI is InChI=1S/C38H78/c1-6-8-10-11-12-13-14-15-16-17-18-19-20-22-26-29-33-37(4)35-38(5)34-30-27-24-21-23-25-28-32-36(3)31-9-7-2/h36-38H,6-35H2,1-5H3. The molecular formula is C38H78. The van der Waals surface area contributed by atoms with E-state index in [9.17, 15) is 0 Å². The molecule has 0 aromatic heterocycles. The molecule has 0 aliphatic carbocycles. The Hall–Kier alpha value is 0. The van der Waals surface area contributed by atoms with E-state index in [4.69, 9.17) is 0 Å². The topological polar surface area (TPSA) is 0 Å². The summed E-state index contributed by atoms with van der Waals surface area (Å²) < 4.78 is 0. The van der Waals surface area contributed by atoms with Crippen LogP contribution in [-0.2, 0) is 0 Å². The molecular weight excluding hydrogens is 456 g/mol. The summed E-state index contributed by atoms with van der Waals surface area (Å²) in [5, 5.41) is 0. The Labute approximate surface area is 244 Å². The second-order valence-electron chi connectivity index (χ2n) is 13.8. The molecule has 0 aliphatic heterocycles. The number of hydrogen-bond donors (Lipinski definition) is 0. The van der Waals surface area contributed by atoms with Crippen molar-refractivity contribution < 1.29 is 0 Å². The van der Waals surface area contributed by atoms with Gasteiger partial charge in [-0.05, 0) is 24.2 Å². The average molecular weight is 535 g/mol. The van der Waals surface area contributed by atoms with Crippen LogP contribution in [0.2, 0.25) is 0 Å². The molecule has 0 aromatic rings. The maximum absolute atomic E-state index is 2.52. The van der Waals surface area contributed by atoms with Gasteiger partial charge in [0.1, 0.15) is 0 Å². The molecule has 0 spiro atoms. The van der Waals surface area contributed by atoms with Gasteiger partial charge in [-0.25, -0.2) is 0 Å². The van der Waals surface area contributed by atoms with Crippen LogP contribution in [-0.4, -0.2) is 0 Å². The van der Waals surface area contributed by atoms with Gasteiger partial charge < -0.3 is 0 Å². The van der Waals surface area contributed by atoms with Gasteiger partial charge in [-0.2, -0.15) is 0 Å². The van der Waals surface area contributed by atoms with Gasteiger partial charge >= 0.3 is 0 Å². The minimum Gasteiger partial charge on any atom is -0.0654 e. The monoisotopic (exact) mass is 535 g/mol. The van der Waals surface area contributed by atoms with E-state index in [-0.39, 0.29) is 0 Å². The summed E-state index contributed by atoms with van der Waals surface area (Å²) in [5.74, 6) is 2.84. The number of hydrogen-bond acceptors (Lipinski definition) is 0. The quantitative estimate of drug-likeness (QED) is 0.0752. The first-order chi connectivity index (χ1) is 18.6. The lowest BCUT2D eigenvalue weighted by Crippen LogP contribution is -2.03. The summed E-state index contributed by atoms with van der Waals surface area (Å²) in [5.41, 5.74) is 0. The zero-order chi connectivity index (χ0) is 27.9. The Morgan fingerprint density at radius 3 is 0.816 bits per heavy atom. The molecule has 0 N–H and O–H groups in total. The molecule has 230 valence electrons. The predicted molar refractivity (Wildman–Crippen MR) is 177 cm³/mol. The Morgan fingerprint density at radius 1 is 0.263 bits per heavy atom. The number of rotatable bonds is 32. The van der Waals surface area contributed by atoms with Crippen LogP contribution in [0.25, 0.3) is 0 Å². The van der Waals surface area contributed by atoms with Crippen molar-refractivity contribution in [2.45, 2.75) is 227 Å². The van der Waals surface area contributed by atoms with Crippen LogP contribution in [0, 0.1) is 17.8 Å². The maximum atomic E-state index is 2.52. The second kappa shape index (κ2) is 31.5. The third-order valence-electron chi connectivity index (χ3n) is 9.30. The first-order valence-electron chi connectivity index (χ1n) is 18.6. The van der Waals surface area contributed by atoms with Crippen molar-refractivity contribution in [3.8, 4) is 0 Å². The molecule has 0 radical (unpaired) electrons. The van der Waals surface area contributed by atoms with Crippen LogP contribution in [0.4, 0.5) is 0 Å². The van der Waals surface area contributed by atoms with Crippen molar-refractivity contribution >= 4 is 0 Å². The normalized spacial score (nSPS) is 14.1. The largest absolute Gasteiger partial charge is 0.0654 e. The highest BCUT2D eigenvalue weighted by Crippen LogP contribution is 2.23. The van der Waals surface area contributed by atoms with Crippen LogP contribution in [0.15, 0.2) is 0 Å². The fourth-order valence-corrected chi connectivity index (χ4v) is 6.53. The zero-order valence-electron chi connectivity index (χ0n) is 27.9. The van der Waals surface area contributed by atoms with E-state index in [2.05, 4.69) is 34.6 Å². The highest BCUT2D eigenvalue weighted by molar-refractivity contribution is 4.62. The Bertz CT molecular complexity index is 412. The molecule has 0 aromatic carbocycles. The summed E-state index contributed by atoms with van der Waals surface area (Å²) in [6.07, 6.45) is 44.0. The molecule has 0 aliphatic rings.